The van der Waals surface area contributed by atoms with E-state index < -0.39 is 0 Å². The smallest absolute Gasteiger partial charge is 0.228 e. The van der Waals surface area contributed by atoms with Gasteiger partial charge in [-0.25, -0.2) is 0 Å². The molecule has 2 aromatic carbocycles. The van der Waals surface area contributed by atoms with Gasteiger partial charge in [-0.15, -0.1) is 0 Å². The number of carbonyl (C=O) groups is 1. The molecule has 0 unspecified atom stereocenters. The topological polar surface area (TPSA) is 42.0 Å². The van der Waals surface area contributed by atoms with Gasteiger partial charge in [0.05, 0.1) is 5.52 Å². The first kappa shape index (κ1) is 17.7. The summed E-state index contributed by atoms with van der Waals surface area (Å²) < 4.78 is 0. The Morgan fingerprint density at radius 1 is 1.04 bits per heavy atom. The lowest BCUT2D eigenvalue weighted by atomic mass is 9.75. The summed E-state index contributed by atoms with van der Waals surface area (Å²) in [6.07, 6.45) is 7.52. The van der Waals surface area contributed by atoms with Crippen LogP contribution >= 0.6 is 11.6 Å². The SMILES string of the molecule is O=C(Nc1ccc(Cl)cc1)[C@@H]1C[C@]12CC[C@@H](c1ccnc3ccccc31)CC2. The van der Waals surface area contributed by atoms with Crippen LogP contribution in [0.15, 0.2) is 60.8 Å². The van der Waals surface area contributed by atoms with Crippen LogP contribution in [0, 0.1) is 11.3 Å². The highest BCUT2D eigenvalue weighted by atomic mass is 35.5. The van der Waals surface area contributed by atoms with Crippen molar-refractivity contribution >= 4 is 34.1 Å². The molecule has 1 amide bonds. The van der Waals surface area contributed by atoms with Gasteiger partial charge in [-0.1, -0.05) is 29.8 Å². The number of halogens is 1. The maximum absolute atomic E-state index is 12.7. The number of nitrogens with one attached hydrogen (secondary N) is 1. The maximum atomic E-state index is 12.7. The molecule has 2 aliphatic carbocycles. The Bertz CT molecular complexity index is 1020. The number of carbonyl (C=O) groups excluding carboxylic acids is 1. The normalized spacial score (nSPS) is 26.3. The predicted molar refractivity (Wildman–Crippen MR) is 114 cm³/mol. The summed E-state index contributed by atoms with van der Waals surface area (Å²) in [5.41, 5.74) is 3.54. The molecular weight excluding hydrogens is 368 g/mol. The van der Waals surface area contributed by atoms with Gasteiger partial charge in [-0.2, -0.15) is 0 Å². The van der Waals surface area contributed by atoms with Gasteiger partial charge in [0.15, 0.2) is 0 Å². The largest absolute Gasteiger partial charge is 0.326 e. The lowest BCUT2D eigenvalue weighted by Gasteiger charge is -2.30. The third kappa shape index (κ3) is 3.18. The highest BCUT2D eigenvalue weighted by Gasteiger charge is 2.58. The fourth-order valence-corrected chi connectivity index (χ4v) is 5.14. The highest BCUT2D eigenvalue weighted by molar-refractivity contribution is 6.30. The van der Waals surface area contributed by atoms with Crippen LogP contribution in [0.4, 0.5) is 5.69 Å². The van der Waals surface area contributed by atoms with Crippen molar-refractivity contribution in [3.05, 3.63) is 71.4 Å². The first-order valence-corrected chi connectivity index (χ1v) is 10.4. The Hall–Kier alpha value is -2.39. The van der Waals surface area contributed by atoms with E-state index in [1.807, 2.05) is 36.5 Å². The van der Waals surface area contributed by atoms with E-state index in [0.29, 0.717) is 10.9 Å². The van der Waals surface area contributed by atoms with Gasteiger partial charge in [0.1, 0.15) is 0 Å². The zero-order chi connectivity index (χ0) is 19.1. The lowest BCUT2D eigenvalue weighted by Crippen LogP contribution is -2.22. The third-order valence-electron chi connectivity index (χ3n) is 6.72. The monoisotopic (exact) mass is 390 g/mol. The lowest BCUT2D eigenvalue weighted by molar-refractivity contribution is -0.118. The van der Waals surface area contributed by atoms with Crippen molar-refractivity contribution in [3.63, 3.8) is 0 Å². The molecular formula is C24H23ClN2O. The highest BCUT2D eigenvalue weighted by Crippen LogP contribution is 2.63. The quantitative estimate of drug-likeness (QED) is 0.579. The van der Waals surface area contributed by atoms with Gasteiger partial charge < -0.3 is 5.32 Å². The zero-order valence-electron chi connectivity index (χ0n) is 15.7. The maximum Gasteiger partial charge on any atom is 0.228 e. The zero-order valence-corrected chi connectivity index (χ0v) is 16.5. The van der Waals surface area contributed by atoms with E-state index in [9.17, 15) is 4.79 Å². The van der Waals surface area contributed by atoms with E-state index in [0.717, 1.165) is 43.3 Å². The van der Waals surface area contributed by atoms with Crippen LogP contribution in [0.3, 0.4) is 0 Å². The number of benzene rings is 2. The molecule has 0 bridgehead atoms. The molecule has 3 nitrogen and oxygen atoms in total. The first-order chi connectivity index (χ1) is 13.6. The van der Waals surface area contributed by atoms with Crippen molar-refractivity contribution in [2.75, 3.05) is 5.32 Å². The molecule has 1 atom stereocenters. The molecule has 0 saturated heterocycles. The molecule has 0 aliphatic heterocycles. The molecule has 5 rings (SSSR count). The van der Waals surface area contributed by atoms with E-state index in [1.165, 1.54) is 10.9 Å². The summed E-state index contributed by atoms with van der Waals surface area (Å²) in [4.78, 5) is 17.2. The van der Waals surface area contributed by atoms with Gasteiger partial charge in [0, 0.05) is 28.2 Å². The summed E-state index contributed by atoms with van der Waals surface area (Å²) in [7, 11) is 0. The minimum atomic E-state index is 0.151. The van der Waals surface area contributed by atoms with Gasteiger partial charge in [0.2, 0.25) is 5.91 Å². The second-order valence-electron chi connectivity index (χ2n) is 8.31. The van der Waals surface area contributed by atoms with E-state index >= 15 is 0 Å². The van der Waals surface area contributed by atoms with Crippen LogP contribution < -0.4 is 5.32 Å². The molecule has 1 aromatic heterocycles. The summed E-state index contributed by atoms with van der Waals surface area (Å²) in [6.45, 7) is 0. The van der Waals surface area contributed by atoms with Crippen molar-refractivity contribution < 1.29 is 4.79 Å². The molecule has 3 aromatic rings. The van der Waals surface area contributed by atoms with Crippen LogP contribution in [-0.2, 0) is 4.79 Å². The van der Waals surface area contributed by atoms with Gasteiger partial charge in [-0.3, -0.25) is 9.78 Å². The van der Waals surface area contributed by atoms with E-state index in [2.05, 4.69) is 34.6 Å². The number of nitrogens with zero attached hydrogens (tertiary/aromatic N) is 1. The van der Waals surface area contributed by atoms with Crippen molar-refractivity contribution in [3.8, 4) is 0 Å². The first-order valence-electron chi connectivity index (χ1n) is 10.0. The number of hydrogen-bond donors (Lipinski definition) is 1. The standard InChI is InChI=1S/C24H23ClN2O/c25-17-5-7-18(8-6-17)27-23(28)21-15-24(21)12-9-16(10-13-24)19-11-14-26-22-4-2-1-3-20(19)22/h1-8,11,14,16,21H,9-10,12-13,15H2,(H,27,28)/t16-,21-,24-/m0/s1. The van der Waals surface area contributed by atoms with Gasteiger partial charge >= 0.3 is 0 Å². The number of aromatic nitrogens is 1. The van der Waals surface area contributed by atoms with E-state index in [-0.39, 0.29) is 17.2 Å². The molecule has 1 spiro atoms. The average Bonchev–Trinajstić information content (AvgIpc) is 3.43. The molecule has 2 fully saturated rings. The average molecular weight is 391 g/mol. The Labute approximate surface area is 170 Å². The number of rotatable bonds is 3. The number of hydrogen-bond acceptors (Lipinski definition) is 2. The van der Waals surface area contributed by atoms with Crippen LogP contribution in [0.25, 0.3) is 10.9 Å². The molecule has 4 heteroatoms. The summed E-state index contributed by atoms with van der Waals surface area (Å²) >= 11 is 5.92. The van der Waals surface area contributed by atoms with Crippen molar-refractivity contribution in [2.24, 2.45) is 11.3 Å². The number of pyridine rings is 1. The van der Waals surface area contributed by atoms with Crippen molar-refractivity contribution in [1.29, 1.82) is 0 Å². The Morgan fingerprint density at radius 2 is 1.79 bits per heavy atom. The molecule has 2 saturated carbocycles. The van der Waals surface area contributed by atoms with Crippen LogP contribution in [-0.4, -0.2) is 10.9 Å². The van der Waals surface area contributed by atoms with Gasteiger partial charge in [0.25, 0.3) is 0 Å². The van der Waals surface area contributed by atoms with E-state index in [1.54, 1.807) is 0 Å². The van der Waals surface area contributed by atoms with Crippen LogP contribution in [0.5, 0.6) is 0 Å². The molecule has 2 aliphatic rings. The Kier molecular flexibility index (Phi) is 4.36. The van der Waals surface area contributed by atoms with Crippen LogP contribution in [0.1, 0.15) is 43.6 Å². The van der Waals surface area contributed by atoms with Gasteiger partial charge in [-0.05, 0) is 85.4 Å². The van der Waals surface area contributed by atoms with Crippen molar-refractivity contribution in [2.45, 2.75) is 38.0 Å². The third-order valence-corrected chi connectivity index (χ3v) is 6.97. The van der Waals surface area contributed by atoms with Crippen molar-refractivity contribution in [1.82, 2.24) is 4.98 Å². The van der Waals surface area contributed by atoms with Crippen LogP contribution in [0.2, 0.25) is 5.02 Å². The number of fused-ring (bicyclic) bond motifs is 1. The Morgan fingerprint density at radius 3 is 2.57 bits per heavy atom. The Balaban J connectivity index is 1.25. The minimum absolute atomic E-state index is 0.151. The van der Waals surface area contributed by atoms with E-state index in [4.69, 9.17) is 11.6 Å². The molecule has 142 valence electrons. The molecule has 0 radical (unpaired) electrons. The molecule has 1 N–H and O–H groups in total. The fourth-order valence-electron chi connectivity index (χ4n) is 5.01. The predicted octanol–water partition coefficient (Wildman–Crippen LogP) is 6.19. The molecule has 28 heavy (non-hydrogen) atoms. The second-order valence-corrected chi connectivity index (χ2v) is 8.74. The minimum Gasteiger partial charge on any atom is -0.326 e. The summed E-state index contributed by atoms with van der Waals surface area (Å²) in [5, 5.41) is 5.02. The summed E-state index contributed by atoms with van der Waals surface area (Å²) in [5.74, 6) is 0.882. The number of para-hydroxylation sites is 1. The fraction of sp³-hybridized carbons (Fsp3) is 0.333. The number of anilines is 1. The second kappa shape index (κ2) is 6.89. The molecule has 1 heterocycles. The number of amides is 1. The summed E-state index contributed by atoms with van der Waals surface area (Å²) in [6, 6.07) is 17.9.